The summed E-state index contributed by atoms with van der Waals surface area (Å²) in [7, 11) is 0. The standard InChI is InChI=1S/C13H18N4O3/c18-12(16-4-7-19-8-5-16)11-10-17(6-9-20-11)13-14-2-1-3-15-13/h1-3,11H,4-10H2. The van der Waals surface area contributed by atoms with Crippen LogP contribution in [0, 0.1) is 0 Å². The van der Waals surface area contributed by atoms with Crippen LogP contribution >= 0.6 is 0 Å². The van der Waals surface area contributed by atoms with E-state index in [0.29, 0.717) is 51.9 Å². The molecule has 2 aliphatic rings. The molecular formula is C13H18N4O3. The quantitative estimate of drug-likeness (QED) is 0.729. The van der Waals surface area contributed by atoms with Gasteiger partial charge in [0.15, 0.2) is 6.10 Å². The third-order valence-electron chi connectivity index (χ3n) is 3.50. The van der Waals surface area contributed by atoms with Crippen LogP contribution in [0.15, 0.2) is 18.5 Å². The van der Waals surface area contributed by atoms with Gasteiger partial charge in [-0.3, -0.25) is 4.79 Å². The normalized spacial score (nSPS) is 23.7. The summed E-state index contributed by atoms with van der Waals surface area (Å²) >= 11 is 0. The molecule has 0 aromatic carbocycles. The average Bonchev–Trinajstić information content (AvgIpc) is 2.56. The maximum Gasteiger partial charge on any atom is 0.253 e. The third kappa shape index (κ3) is 2.88. The SMILES string of the molecule is O=C(C1CN(c2ncccn2)CCO1)N1CCOCC1. The Morgan fingerprint density at radius 1 is 1.15 bits per heavy atom. The Hall–Kier alpha value is -1.73. The van der Waals surface area contributed by atoms with E-state index in [-0.39, 0.29) is 5.91 Å². The Kier molecular flexibility index (Phi) is 4.08. The number of hydrogen-bond acceptors (Lipinski definition) is 6. The number of nitrogens with zero attached hydrogens (tertiary/aromatic N) is 4. The minimum absolute atomic E-state index is 0.0360. The van der Waals surface area contributed by atoms with E-state index in [1.54, 1.807) is 18.5 Å². The first-order valence-electron chi connectivity index (χ1n) is 6.85. The lowest BCUT2D eigenvalue weighted by molar-refractivity contribution is -0.148. The monoisotopic (exact) mass is 278 g/mol. The van der Waals surface area contributed by atoms with Crippen LogP contribution < -0.4 is 4.90 Å². The molecule has 2 saturated heterocycles. The second kappa shape index (κ2) is 6.15. The van der Waals surface area contributed by atoms with Gasteiger partial charge in [0.05, 0.1) is 26.4 Å². The molecule has 3 heterocycles. The van der Waals surface area contributed by atoms with Crippen LogP contribution in [0.5, 0.6) is 0 Å². The number of amides is 1. The molecule has 0 aliphatic carbocycles. The van der Waals surface area contributed by atoms with E-state index in [9.17, 15) is 4.79 Å². The number of carbonyl (C=O) groups is 1. The van der Waals surface area contributed by atoms with Crippen molar-refractivity contribution in [2.45, 2.75) is 6.10 Å². The van der Waals surface area contributed by atoms with Crippen LogP contribution in [0.2, 0.25) is 0 Å². The second-order valence-corrected chi connectivity index (χ2v) is 4.79. The molecule has 0 bridgehead atoms. The lowest BCUT2D eigenvalue weighted by Crippen LogP contribution is -2.53. The molecule has 1 amide bonds. The summed E-state index contributed by atoms with van der Waals surface area (Å²) in [6.45, 7) is 4.20. The van der Waals surface area contributed by atoms with E-state index < -0.39 is 6.10 Å². The summed E-state index contributed by atoms with van der Waals surface area (Å²) in [6, 6.07) is 1.78. The molecule has 0 spiro atoms. The van der Waals surface area contributed by atoms with Crippen molar-refractivity contribution in [3.8, 4) is 0 Å². The van der Waals surface area contributed by atoms with E-state index in [1.807, 2.05) is 9.80 Å². The predicted molar refractivity (Wildman–Crippen MR) is 71.4 cm³/mol. The Morgan fingerprint density at radius 3 is 2.65 bits per heavy atom. The lowest BCUT2D eigenvalue weighted by atomic mass is 10.2. The topological polar surface area (TPSA) is 67.8 Å². The van der Waals surface area contributed by atoms with Crippen molar-refractivity contribution in [3.05, 3.63) is 18.5 Å². The number of hydrogen-bond donors (Lipinski definition) is 0. The number of carbonyl (C=O) groups excluding carboxylic acids is 1. The number of rotatable bonds is 2. The second-order valence-electron chi connectivity index (χ2n) is 4.79. The molecule has 1 atom stereocenters. The minimum atomic E-state index is -0.439. The Bertz CT molecular complexity index is 450. The molecule has 2 fully saturated rings. The molecule has 20 heavy (non-hydrogen) atoms. The Labute approximate surface area is 117 Å². The van der Waals surface area contributed by atoms with Gasteiger partial charge in [0.1, 0.15) is 0 Å². The van der Waals surface area contributed by atoms with E-state index in [1.165, 1.54) is 0 Å². The van der Waals surface area contributed by atoms with E-state index in [0.717, 1.165) is 0 Å². The highest BCUT2D eigenvalue weighted by Gasteiger charge is 2.31. The van der Waals surface area contributed by atoms with Gasteiger partial charge in [-0.2, -0.15) is 0 Å². The lowest BCUT2D eigenvalue weighted by Gasteiger charge is -2.36. The summed E-state index contributed by atoms with van der Waals surface area (Å²) < 4.78 is 10.9. The highest BCUT2D eigenvalue weighted by Crippen LogP contribution is 2.14. The van der Waals surface area contributed by atoms with Crippen LogP contribution in [0.3, 0.4) is 0 Å². The molecule has 7 nitrogen and oxygen atoms in total. The van der Waals surface area contributed by atoms with Crippen LogP contribution in [-0.2, 0) is 14.3 Å². The van der Waals surface area contributed by atoms with Gasteiger partial charge in [0.2, 0.25) is 5.95 Å². The van der Waals surface area contributed by atoms with E-state index in [2.05, 4.69) is 9.97 Å². The van der Waals surface area contributed by atoms with Crippen molar-refractivity contribution in [1.82, 2.24) is 14.9 Å². The van der Waals surface area contributed by atoms with Gasteiger partial charge in [0, 0.05) is 32.0 Å². The highest BCUT2D eigenvalue weighted by atomic mass is 16.5. The molecule has 1 unspecified atom stereocenters. The van der Waals surface area contributed by atoms with Crippen LogP contribution in [0.1, 0.15) is 0 Å². The van der Waals surface area contributed by atoms with Gasteiger partial charge in [-0.15, -0.1) is 0 Å². The fourth-order valence-corrected chi connectivity index (χ4v) is 2.42. The first-order valence-corrected chi connectivity index (χ1v) is 6.85. The zero-order valence-electron chi connectivity index (χ0n) is 11.3. The number of aromatic nitrogens is 2. The molecular weight excluding hydrogens is 260 g/mol. The van der Waals surface area contributed by atoms with E-state index >= 15 is 0 Å². The Balaban J connectivity index is 1.64. The largest absolute Gasteiger partial charge is 0.378 e. The Morgan fingerprint density at radius 2 is 1.90 bits per heavy atom. The van der Waals surface area contributed by atoms with Crippen molar-refractivity contribution < 1.29 is 14.3 Å². The predicted octanol–water partition coefficient (Wildman–Crippen LogP) is -0.459. The minimum Gasteiger partial charge on any atom is -0.378 e. The molecule has 0 radical (unpaired) electrons. The van der Waals surface area contributed by atoms with Crippen LogP contribution in [0.4, 0.5) is 5.95 Å². The smallest absolute Gasteiger partial charge is 0.253 e. The molecule has 1 aromatic rings. The zero-order valence-corrected chi connectivity index (χ0v) is 11.3. The molecule has 108 valence electrons. The first kappa shape index (κ1) is 13.3. The van der Waals surface area contributed by atoms with Crippen molar-refractivity contribution in [1.29, 1.82) is 0 Å². The average molecular weight is 278 g/mol. The van der Waals surface area contributed by atoms with Gasteiger partial charge in [-0.1, -0.05) is 0 Å². The summed E-state index contributed by atoms with van der Waals surface area (Å²) in [5.74, 6) is 0.685. The van der Waals surface area contributed by atoms with Gasteiger partial charge >= 0.3 is 0 Å². The van der Waals surface area contributed by atoms with Crippen LogP contribution in [-0.4, -0.2) is 72.9 Å². The fraction of sp³-hybridized carbons (Fsp3) is 0.615. The van der Waals surface area contributed by atoms with Crippen molar-refractivity contribution in [3.63, 3.8) is 0 Å². The molecule has 7 heteroatoms. The van der Waals surface area contributed by atoms with Crippen molar-refractivity contribution >= 4 is 11.9 Å². The summed E-state index contributed by atoms with van der Waals surface area (Å²) in [4.78, 5) is 24.7. The van der Waals surface area contributed by atoms with Gasteiger partial charge < -0.3 is 19.3 Å². The van der Waals surface area contributed by atoms with Gasteiger partial charge in [-0.25, -0.2) is 9.97 Å². The molecule has 0 N–H and O–H groups in total. The maximum absolute atomic E-state index is 12.4. The molecule has 1 aromatic heterocycles. The van der Waals surface area contributed by atoms with Crippen molar-refractivity contribution in [2.75, 3.05) is 50.9 Å². The fourth-order valence-electron chi connectivity index (χ4n) is 2.42. The highest BCUT2D eigenvalue weighted by molar-refractivity contribution is 5.82. The maximum atomic E-state index is 12.4. The summed E-state index contributed by atoms with van der Waals surface area (Å²) in [5, 5.41) is 0. The number of anilines is 1. The van der Waals surface area contributed by atoms with E-state index in [4.69, 9.17) is 9.47 Å². The summed E-state index contributed by atoms with van der Waals surface area (Å²) in [5.41, 5.74) is 0. The summed E-state index contributed by atoms with van der Waals surface area (Å²) in [6.07, 6.45) is 2.97. The van der Waals surface area contributed by atoms with Gasteiger partial charge in [0.25, 0.3) is 5.91 Å². The third-order valence-corrected chi connectivity index (χ3v) is 3.50. The van der Waals surface area contributed by atoms with Crippen molar-refractivity contribution in [2.24, 2.45) is 0 Å². The molecule has 0 saturated carbocycles. The number of ether oxygens (including phenoxy) is 2. The molecule has 3 rings (SSSR count). The zero-order chi connectivity index (χ0) is 13.8. The molecule has 2 aliphatic heterocycles. The number of morpholine rings is 2. The van der Waals surface area contributed by atoms with Gasteiger partial charge in [-0.05, 0) is 6.07 Å². The first-order chi connectivity index (χ1) is 9.84. The van der Waals surface area contributed by atoms with Crippen LogP contribution in [0.25, 0.3) is 0 Å².